The summed E-state index contributed by atoms with van der Waals surface area (Å²) in [6, 6.07) is 5.42. The van der Waals surface area contributed by atoms with Crippen molar-refractivity contribution in [2.24, 2.45) is 0 Å². The van der Waals surface area contributed by atoms with Gasteiger partial charge in [-0.1, -0.05) is 0 Å². The SMILES string of the molecule is OCCOc1ccc2c(c1)OCCNCCOCCOCCNCCO2. The molecular formula is C18H30N2O6. The van der Waals surface area contributed by atoms with Gasteiger partial charge in [-0.2, -0.15) is 0 Å². The molecule has 148 valence electrons. The minimum absolute atomic E-state index is 0.0319. The molecule has 0 amide bonds. The van der Waals surface area contributed by atoms with Gasteiger partial charge in [0.15, 0.2) is 11.5 Å². The first-order valence-corrected chi connectivity index (χ1v) is 9.10. The molecule has 8 heteroatoms. The van der Waals surface area contributed by atoms with Crippen molar-refractivity contribution in [3.05, 3.63) is 18.2 Å². The molecule has 1 heterocycles. The number of fused-ring (bicyclic) bond motifs is 1. The first kappa shape index (κ1) is 20.7. The molecule has 1 aromatic rings. The highest BCUT2D eigenvalue weighted by Gasteiger charge is 2.08. The van der Waals surface area contributed by atoms with Crippen LogP contribution in [0.25, 0.3) is 0 Å². The number of rotatable bonds is 3. The molecule has 8 nitrogen and oxygen atoms in total. The Morgan fingerprint density at radius 3 is 2.08 bits per heavy atom. The maximum atomic E-state index is 8.89. The number of nitrogens with one attached hydrogen (secondary N) is 2. The number of ether oxygens (including phenoxy) is 5. The van der Waals surface area contributed by atoms with Crippen LogP contribution in [0.1, 0.15) is 0 Å². The zero-order valence-corrected chi connectivity index (χ0v) is 15.2. The first-order chi connectivity index (χ1) is 12.9. The standard InChI is InChI=1S/C18H30N2O6/c21-7-12-24-16-1-2-17-18(15-16)26-11-6-20-4-9-23-14-13-22-8-3-19-5-10-25-17/h1-2,15,19-21H,3-14H2. The highest BCUT2D eigenvalue weighted by molar-refractivity contribution is 5.45. The van der Waals surface area contributed by atoms with Crippen LogP contribution in [0.3, 0.4) is 0 Å². The van der Waals surface area contributed by atoms with Gasteiger partial charge in [0.1, 0.15) is 25.6 Å². The van der Waals surface area contributed by atoms with E-state index in [0.717, 1.165) is 13.1 Å². The van der Waals surface area contributed by atoms with Crippen molar-refractivity contribution in [3.63, 3.8) is 0 Å². The van der Waals surface area contributed by atoms with Crippen LogP contribution in [-0.4, -0.2) is 84.1 Å². The van der Waals surface area contributed by atoms with Crippen LogP contribution in [0.15, 0.2) is 18.2 Å². The van der Waals surface area contributed by atoms with Crippen molar-refractivity contribution in [1.82, 2.24) is 10.6 Å². The Balaban J connectivity index is 1.90. The maximum Gasteiger partial charge on any atom is 0.164 e. The van der Waals surface area contributed by atoms with Crippen LogP contribution in [-0.2, 0) is 9.47 Å². The number of benzene rings is 1. The molecule has 0 radical (unpaired) electrons. The third kappa shape index (κ3) is 8.68. The smallest absolute Gasteiger partial charge is 0.164 e. The molecule has 0 saturated heterocycles. The fourth-order valence-corrected chi connectivity index (χ4v) is 2.30. The van der Waals surface area contributed by atoms with E-state index >= 15 is 0 Å². The van der Waals surface area contributed by atoms with E-state index in [1.165, 1.54) is 0 Å². The lowest BCUT2D eigenvalue weighted by atomic mass is 10.3. The fourth-order valence-electron chi connectivity index (χ4n) is 2.30. The van der Waals surface area contributed by atoms with Gasteiger partial charge in [-0.05, 0) is 12.1 Å². The molecular weight excluding hydrogens is 340 g/mol. The van der Waals surface area contributed by atoms with Gasteiger partial charge in [-0.3, -0.25) is 0 Å². The Kier molecular flexibility index (Phi) is 10.8. The van der Waals surface area contributed by atoms with Crippen molar-refractivity contribution in [1.29, 1.82) is 0 Å². The summed E-state index contributed by atoms with van der Waals surface area (Å²) in [6.07, 6.45) is 0. The van der Waals surface area contributed by atoms with Crippen LogP contribution in [0.2, 0.25) is 0 Å². The van der Waals surface area contributed by atoms with E-state index in [2.05, 4.69) is 10.6 Å². The van der Waals surface area contributed by atoms with Crippen molar-refractivity contribution in [2.75, 3.05) is 79.0 Å². The summed E-state index contributed by atoms with van der Waals surface area (Å²) in [5, 5.41) is 15.4. The molecule has 0 bridgehead atoms. The van der Waals surface area contributed by atoms with E-state index in [4.69, 9.17) is 28.8 Å². The largest absolute Gasteiger partial charge is 0.491 e. The van der Waals surface area contributed by atoms with Gasteiger partial charge >= 0.3 is 0 Å². The summed E-state index contributed by atoms with van der Waals surface area (Å²) < 4.78 is 28.1. The highest BCUT2D eigenvalue weighted by Crippen LogP contribution is 2.31. The van der Waals surface area contributed by atoms with Crippen LogP contribution >= 0.6 is 0 Å². The molecule has 26 heavy (non-hydrogen) atoms. The van der Waals surface area contributed by atoms with E-state index in [0.29, 0.717) is 70.0 Å². The van der Waals surface area contributed by atoms with Crippen LogP contribution in [0.5, 0.6) is 17.2 Å². The van der Waals surface area contributed by atoms with Gasteiger partial charge in [0, 0.05) is 32.2 Å². The fraction of sp³-hybridized carbons (Fsp3) is 0.667. The highest BCUT2D eigenvalue weighted by atomic mass is 16.5. The molecule has 0 unspecified atom stereocenters. The quantitative estimate of drug-likeness (QED) is 0.687. The average Bonchev–Trinajstić information content (AvgIpc) is 2.66. The summed E-state index contributed by atoms with van der Waals surface area (Å²) in [7, 11) is 0. The topological polar surface area (TPSA) is 90.4 Å². The average molecular weight is 370 g/mol. The summed E-state index contributed by atoms with van der Waals surface area (Å²) in [5.41, 5.74) is 0. The summed E-state index contributed by atoms with van der Waals surface area (Å²) >= 11 is 0. The van der Waals surface area contributed by atoms with Crippen LogP contribution in [0.4, 0.5) is 0 Å². The zero-order valence-electron chi connectivity index (χ0n) is 15.2. The first-order valence-electron chi connectivity index (χ1n) is 9.10. The van der Waals surface area contributed by atoms with E-state index in [9.17, 15) is 0 Å². The molecule has 1 aromatic carbocycles. The Hall–Kier alpha value is -1.58. The van der Waals surface area contributed by atoms with E-state index < -0.39 is 0 Å². The van der Waals surface area contributed by atoms with Crippen molar-refractivity contribution in [3.8, 4) is 17.2 Å². The van der Waals surface area contributed by atoms with Gasteiger partial charge in [-0.15, -0.1) is 0 Å². The Morgan fingerprint density at radius 1 is 0.808 bits per heavy atom. The number of aliphatic hydroxyl groups is 1. The monoisotopic (exact) mass is 370 g/mol. The van der Waals surface area contributed by atoms with Gasteiger partial charge in [0.2, 0.25) is 0 Å². The lowest BCUT2D eigenvalue weighted by Gasteiger charge is -2.15. The molecule has 0 spiro atoms. The number of hydrogen-bond acceptors (Lipinski definition) is 8. The van der Waals surface area contributed by atoms with E-state index in [1.54, 1.807) is 12.1 Å². The Morgan fingerprint density at radius 2 is 1.42 bits per heavy atom. The molecule has 0 fully saturated rings. The molecule has 0 aromatic heterocycles. The van der Waals surface area contributed by atoms with Crippen molar-refractivity contribution < 1.29 is 28.8 Å². The summed E-state index contributed by atoms with van der Waals surface area (Å²) in [5.74, 6) is 1.94. The predicted molar refractivity (Wildman–Crippen MR) is 97.4 cm³/mol. The minimum atomic E-state index is -0.0319. The minimum Gasteiger partial charge on any atom is -0.491 e. The molecule has 1 aliphatic rings. The third-order valence-electron chi connectivity index (χ3n) is 3.57. The van der Waals surface area contributed by atoms with Gasteiger partial charge in [0.05, 0.1) is 33.0 Å². The zero-order chi connectivity index (χ0) is 18.3. The number of aliphatic hydroxyl groups excluding tert-OH is 1. The van der Waals surface area contributed by atoms with Crippen molar-refractivity contribution >= 4 is 0 Å². The Bertz CT molecular complexity index is 489. The van der Waals surface area contributed by atoms with E-state index in [1.807, 2.05) is 6.07 Å². The summed E-state index contributed by atoms with van der Waals surface area (Å²) in [6.45, 7) is 6.66. The molecule has 0 atom stereocenters. The molecule has 0 aliphatic carbocycles. The van der Waals surface area contributed by atoms with Crippen LogP contribution < -0.4 is 24.8 Å². The molecule has 3 N–H and O–H groups in total. The third-order valence-corrected chi connectivity index (χ3v) is 3.57. The second-order valence-corrected chi connectivity index (χ2v) is 5.60. The summed E-state index contributed by atoms with van der Waals surface area (Å²) in [4.78, 5) is 0. The second-order valence-electron chi connectivity index (χ2n) is 5.60. The molecule has 1 aliphatic heterocycles. The lowest BCUT2D eigenvalue weighted by Crippen LogP contribution is -2.27. The predicted octanol–water partition coefficient (Wildman–Crippen LogP) is 0.0413. The van der Waals surface area contributed by atoms with Crippen molar-refractivity contribution in [2.45, 2.75) is 0 Å². The van der Waals surface area contributed by atoms with Gasteiger partial charge < -0.3 is 39.4 Å². The number of hydrogen-bond donors (Lipinski definition) is 3. The van der Waals surface area contributed by atoms with E-state index in [-0.39, 0.29) is 13.2 Å². The molecule has 2 rings (SSSR count). The van der Waals surface area contributed by atoms with Gasteiger partial charge in [-0.25, -0.2) is 0 Å². The second kappa shape index (κ2) is 13.6. The van der Waals surface area contributed by atoms with Gasteiger partial charge in [0.25, 0.3) is 0 Å². The molecule has 0 saturated carbocycles. The Labute approximate surface area is 154 Å². The lowest BCUT2D eigenvalue weighted by molar-refractivity contribution is 0.0495. The maximum absolute atomic E-state index is 8.89. The normalized spacial score (nSPS) is 18.5. The van der Waals surface area contributed by atoms with Crippen LogP contribution in [0, 0.1) is 0 Å².